The van der Waals surface area contributed by atoms with Gasteiger partial charge in [-0.25, -0.2) is 8.78 Å². The zero-order valence-corrected chi connectivity index (χ0v) is 12.9. The Morgan fingerprint density at radius 3 is 2.45 bits per heavy atom. The second-order valence-corrected chi connectivity index (χ2v) is 6.34. The highest BCUT2D eigenvalue weighted by Crippen LogP contribution is 2.39. The molecule has 0 atom stereocenters. The third-order valence-corrected chi connectivity index (χ3v) is 4.78. The van der Waals surface area contributed by atoms with Crippen LogP contribution in [0.1, 0.15) is 57.1 Å². The van der Waals surface area contributed by atoms with Gasteiger partial charge in [0.1, 0.15) is 11.5 Å². The molecular formula is C19H22F2O. The van der Waals surface area contributed by atoms with Gasteiger partial charge in [0.25, 0.3) is 0 Å². The molecule has 1 saturated carbocycles. The fraction of sp³-hybridized carbons (Fsp3) is 0.474. The lowest BCUT2D eigenvalue weighted by atomic mass is 9.79. The largest absolute Gasteiger partial charge is 0.461 e. The molecular weight excluding hydrogens is 282 g/mol. The van der Waals surface area contributed by atoms with Crippen molar-refractivity contribution in [3.05, 3.63) is 47.7 Å². The van der Waals surface area contributed by atoms with Gasteiger partial charge < -0.3 is 4.42 Å². The molecule has 0 spiro atoms. The molecule has 1 fully saturated rings. The second-order valence-electron chi connectivity index (χ2n) is 6.34. The van der Waals surface area contributed by atoms with Crippen molar-refractivity contribution in [3.63, 3.8) is 0 Å². The maximum atomic E-state index is 13.3. The summed E-state index contributed by atoms with van der Waals surface area (Å²) in [5.41, 5.74) is 0.588. The van der Waals surface area contributed by atoms with Crippen LogP contribution in [0, 0.1) is 17.6 Å². The minimum absolute atomic E-state index is 0.465. The Hall–Kier alpha value is -1.64. The van der Waals surface area contributed by atoms with Crippen LogP contribution in [0.3, 0.4) is 0 Å². The Bertz CT molecular complexity index is 624. The van der Waals surface area contributed by atoms with E-state index in [1.807, 2.05) is 12.1 Å². The van der Waals surface area contributed by atoms with E-state index in [0.717, 1.165) is 30.6 Å². The lowest BCUT2D eigenvalue weighted by Gasteiger charge is -2.27. The third-order valence-electron chi connectivity index (χ3n) is 4.78. The van der Waals surface area contributed by atoms with Crippen LogP contribution >= 0.6 is 0 Å². The molecule has 0 N–H and O–H groups in total. The summed E-state index contributed by atoms with van der Waals surface area (Å²) in [7, 11) is 0. The standard InChI is InChI=1S/C19H22F2O/c1-2-3-13-4-6-14(7-5-13)18-10-11-19(22-18)15-8-9-16(20)17(21)12-15/h8-14H,2-7H2,1H3. The summed E-state index contributed by atoms with van der Waals surface area (Å²) in [4.78, 5) is 0. The lowest BCUT2D eigenvalue weighted by Crippen LogP contribution is -2.12. The van der Waals surface area contributed by atoms with E-state index in [2.05, 4.69) is 6.92 Å². The van der Waals surface area contributed by atoms with Crippen molar-refractivity contribution in [2.24, 2.45) is 5.92 Å². The fourth-order valence-electron chi connectivity index (χ4n) is 3.52. The Labute approximate surface area is 130 Å². The minimum atomic E-state index is -0.837. The van der Waals surface area contributed by atoms with E-state index in [9.17, 15) is 8.78 Å². The van der Waals surface area contributed by atoms with Gasteiger partial charge in [-0.15, -0.1) is 0 Å². The molecule has 0 amide bonds. The van der Waals surface area contributed by atoms with Crippen LogP contribution < -0.4 is 0 Å². The average molecular weight is 304 g/mol. The van der Waals surface area contributed by atoms with Gasteiger partial charge in [-0.3, -0.25) is 0 Å². The van der Waals surface area contributed by atoms with Crippen molar-refractivity contribution in [1.29, 1.82) is 0 Å². The number of furan rings is 1. The summed E-state index contributed by atoms with van der Waals surface area (Å²) < 4.78 is 32.2. The molecule has 1 heterocycles. The van der Waals surface area contributed by atoms with E-state index in [-0.39, 0.29) is 0 Å². The van der Waals surface area contributed by atoms with Crippen molar-refractivity contribution >= 4 is 0 Å². The fourth-order valence-corrected chi connectivity index (χ4v) is 3.52. The molecule has 0 bridgehead atoms. The van der Waals surface area contributed by atoms with Crippen molar-refractivity contribution in [2.45, 2.75) is 51.4 Å². The molecule has 1 aliphatic carbocycles. The molecule has 0 saturated heterocycles. The molecule has 3 heteroatoms. The smallest absolute Gasteiger partial charge is 0.159 e. The van der Waals surface area contributed by atoms with Crippen molar-refractivity contribution in [2.75, 3.05) is 0 Å². The van der Waals surface area contributed by atoms with Gasteiger partial charge in [0, 0.05) is 11.5 Å². The summed E-state index contributed by atoms with van der Waals surface area (Å²) in [6.45, 7) is 2.24. The van der Waals surface area contributed by atoms with Crippen LogP contribution in [0.5, 0.6) is 0 Å². The molecule has 0 aliphatic heterocycles. The molecule has 1 aliphatic rings. The summed E-state index contributed by atoms with van der Waals surface area (Å²) >= 11 is 0. The topological polar surface area (TPSA) is 13.1 Å². The van der Waals surface area contributed by atoms with E-state index < -0.39 is 11.6 Å². The van der Waals surface area contributed by atoms with Crippen LogP contribution in [0.4, 0.5) is 8.78 Å². The lowest BCUT2D eigenvalue weighted by molar-refractivity contribution is 0.286. The Balaban J connectivity index is 1.70. The number of rotatable bonds is 4. The zero-order valence-electron chi connectivity index (χ0n) is 12.9. The highest BCUT2D eigenvalue weighted by molar-refractivity contribution is 5.57. The molecule has 1 nitrogen and oxygen atoms in total. The van der Waals surface area contributed by atoms with Crippen LogP contribution in [-0.4, -0.2) is 0 Å². The monoisotopic (exact) mass is 304 g/mol. The van der Waals surface area contributed by atoms with E-state index in [4.69, 9.17) is 4.42 Å². The third kappa shape index (κ3) is 3.23. The quantitative estimate of drug-likeness (QED) is 0.646. The van der Waals surface area contributed by atoms with Gasteiger partial charge in [0.05, 0.1) is 0 Å². The summed E-state index contributed by atoms with van der Waals surface area (Å²) in [5, 5.41) is 0. The highest BCUT2D eigenvalue weighted by Gasteiger charge is 2.24. The van der Waals surface area contributed by atoms with Crippen molar-refractivity contribution in [1.82, 2.24) is 0 Å². The maximum Gasteiger partial charge on any atom is 0.159 e. The molecule has 3 rings (SSSR count). The van der Waals surface area contributed by atoms with Gasteiger partial charge in [0.15, 0.2) is 11.6 Å². The number of hydrogen-bond acceptors (Lipinski definition) is 1. The van der Waals surface area contributed by atoms with Crippen LogP contribution in [0.25, 0.3) is 11.3 Å². The van der Waals surface area contributed by atoms with Gasteiger partial charge in [-0.05, 0) is 61.9 Å². The summed E-state index contributed by atoms with van der Waals surface area (Å²) in [6, 6.07) is 7.74. The van der Waals surface area contributed by atoms with Crippen molar-refractivity contribution in [3.8, 4) is 11.3 Å². The second kappa shape index (κ2) is 6.64. The van der Waals surface area contributed by atoms with E-state index in [1.54, 1.807) is 6.07 Å². The van der Waals surface area contributed by atoms with E-state index in [0.29, 0.717) is 17.2 Å². The Morgan fingerprint density at radius 1 is 1.00 bits per heavy atom. The Morgan fingerprint density at radius 2 is 1.77 bits per heavy atom. The number of halogens is 2. The predicted octanol–water partition coefficient (Wildman–Crippen LogP) is 6.30. The van der Waals surface area contributed by atoms with E-state index >= 15 is 0 Å². The first-order chi connectivity index (χ1) is 10.7. The highest BCUT2D eigenvalue weighted by atomic mass is 19.2. The van der Waals surface area contributed by atoms with E-state index in [1.165, 1.54) is 31.7 Å². The van der Waals surface area contributed by atoms with Gasteiger partial charge >= 0.3 is 0 Å². The minimum Gasteiger partial charge on any atom is -0.461 e. The summed E-state index contributed by atoms with van der Waals surface area (Å²) in [5.74, 6) is 1.26. The average Bonchev–Trinajstić information content (AvgIpc) is 3.01. The Kier molecular flexibility index (Phi) is 4.60. The van der Waals surface area contributed by atoms with Crippen LogP contribution in [-0.2, 0) is 0 Å². The molecule has 0 radical (unpaired) electrons. The zero-order chi connectivity index (χ0) is 15.5. The normalized spacial score (nSPS) is 22.0. The number of hydrogen-bond donors (Lipinski definition) is 0. The first-order valence-electron chi connectivity index (χ1n) is 8.22. The first kappa shape index (κ1) is 15.3. The number of benzene rings is 1. The van der Waals surface area contributed by atoms with Gasteiger partial charge in [-0.2, -0.15) is 0 Å². The SMILES string of the molecule is CCCC1CCC(c2ccc(-c3ccc(F)c(F)c3)o2)CC1. The predicted molar refractivity (Wildman–Crippen MR) is 83.7 cm³/mol. The van der Waals surface area contributed by atoms with Crippen LogP contribution in [0.2, 0.25) is 0 Å². The molecule has 2 aromatic rings. The molecule has 1 aromatic heterocycles. The summed E-state index contributed by atoms with van der Waals surface area (Å²) in [6.07, 6.45) is 7.44. The van der Waals surface area contributed by atoms with Crippen LogP contribution in [0.15, 0.2) is 34.7 Å². The van der Waals surface area contributed by atoms with Gasteiger partial charge in [-0.1, -0.05) is 19.8 Å². The van der Waals surface area contributed by atoms with Gasteiger partial charge in [0.2, 0.25) is 0 Å². The maximum absolute atomic E-state index is 13.3. The molecule has 1 aromatic carbocycles. The molecule has 0 unspecified atom stereocenters. The molecule has 22 heavy (non-hydrogen) atoms. The molecule has 118 valence electrons. The first-order valence-corrected chi connectivity index (χ1v) is 8.22. The van der Waals surface area contributed by atoms with Crippen molar-refractivity contribution < 1.29 is 13.2 Å².